The third-order valence-corrected chi connectivity index (χ3v) is 2.78. The topological polar surface area (TPSA) is 79.5 Å². The summed E-state index contributed by atoms with van der Waals surface area (Å²) in [5.41, 5.74) is 6.27. The molecule has 106 valence electrons. The van der Waals surface area contributed by atoms with Crippen molar-refractivity contribution >= 4 is 5.95 Å². The van der Waals surface area contributed by atoms with Gasteiger partial charge in [0.2, 0.25) is 5.95 Å². The number of methoxy groups -OCH3 is 2. The molecule has 0 radical (unpaired) electrons. The van der Waals surface area contributed by atoms with Gasteiger partial charge in [0.05, 0.1) is 19.9 Å². The number of nitrogens with zero attached hydrogens (tertiary/aromatic N) is 2. The number of nitrogens with two attached hydrogens (primary N) is 1. The number of ether oxygens (including phenoxy) is 3. The van der Waals surface area contributed by atoms with Gasteiger partial charge in [-0.25, -0.2) is 9.97 Å². The van der Waals surface area contributed by atoms with Crippen LogP contribution in [0.4, 0.5) is 5.95 Å². The molecule has 6 nitrogen and oxygen atoms in total. The molecule has 1 aromatic heterocycles. The monoisotopic (exact) mass is 275 g/mol. The molecular formula is C14H17N3O3. The number of aromatic nitrogens is 2. The fraction of sp³-hybridized carbons (Fsp3) is 0.286. The first-order chi connectivity index (χ1) is 9.63. The predicted molar refractivity (Wildman–Crippen MR) is 75.0 cm³/mol. The van der Waals surface area contributed by atoms with Crippen LogP contribution < -0.4 is 19.9 Å². The van der Waals surface area contributed by atoms with Crippen molar-refractivity contribution in [2.45, 2.75) is 13.0 Å². The summed E-state index contributed by atoms with van der Waals surface area (Å²) in [6.45, 7) is 1.89. The summed E-state index contributed by atoms with van der Waals surface area (Å²) in [4.78, 5) is 7.99. The van der Waals surface area contributed by atoms with E-state index in [0.717, 1.165) is 0 Å². The van der Waals surface area contributed by atoms with E-state index in [-0.39, 0.29) is 12.1 Å². The largest absolute Gasteiger partial charge is 0.493 e. The van der Waals surface area contributed by atoms with Crippen molar-refractivity contribution in [3.63, 3.8) is 0 Å². The molecule has 1 unspecified atom stereocenters. The Kier molecular flexibility index (Phi) is 4.24. The van der Waals surface area contributed by atoms with Crippen LogP contribution in [0.15, 0.2) is 30.5 Å². The molecule has 1 heterocycles. The summed E-state index contributed by atoms with van der Waals surface area (Å²) in [5.74, 6) is 2.15. The molecule has 0 bridgehead atoms. The second kappa shape index (κ2) is 6.10. The Bertz CT molecular complexity index is 590. The zero-order valence-electron chi connectivity index (χ0n) is 11.7. The molecular weight excluding hydrogens is 258 g/mol. The first-order valence-corrected chi connectivity index (χ1v) is 6.11. The van der Waals surface area contributed by atoms with Crippen LogP contribution >= 0.6 is 0 Å². The predicted octanol–water partition coefficient (Wildman–Crippen LogP) is 2.22. The molecule has 2 aromatic rings. The van der Waals surface area contributed by atoms with Crippen LogP contribution in [0.1, 0.15) is 18.7 Å². The van der Waals surface area contributed by atoms with Crippen molar-refractivity contribution < 1.29 is 14.2 Å². The smallest absolute Gasteiger partial charge is 0.220 e. The Labute approximate surface area is 117 Å². The summed E-state index contributed by atoms with van der Waals surface area (Å²) < 4.78 is 16.2. The number of anilines is 1. The van der Waals surface area contributed by atoms with Crippen molar-refractivity contribution in [3.8, 4) is 17.2 Å². The molecule has 0 aliphatic carbocycles. The van der Waals surface area contributed by atoms with Gasteiger partial charge in [0.15, 0.2) is 11.5 Å². The van der Waals surface area contributed by atoms with Gasteiger partial charge >= 0.3 is 0 Å². The first-order valence-electron chi connectivity index (χ1n) is 6.11. The highest BCUT2D eigenvalue weighted by Crippen LogP contribution is 2.32. The number of hydrogen-bond acceptors (Lipinski definition) is 6. The Morgan fingerprint density at radius 1 is 1.10 bits per heavy atom. The highest BCUT2D eigenvalue weighted by molar-refractivity contribution is 5.45. The molecule has 1 aromatic carbocycles. The maximum absolute atomic E-state index is 5.82. The average Bonchev–Trinajstić information content (AvgIpc) is 2.47. The average molecular weight is 275 g/mol. The Morgan fingerprint density at radius 2 is 1.85 bits per heavy atom. The molecule has 20 heavy (non-hydrogen) atoms. The van der Waals surface area contributed by atoms with Gasteiger partial charge in [-0.2, -0.15) is 0 Å². The van der Waals surface area contributed by atoms with Crippen molar-refractivity contribution in [2.75, 3.05) is 20.0 Å². The van der Waals surface area contributed by atoms with Crippen LogP contribution in [-0.4, -0.2) is 24.2 Å². The van der Waals surface area contributed by atoms with Crippen LogP contribution in [0.2, 0.25) is 0 Å². The summed E-state index contributed by atoms with van der Waals surface area (Å²) in [6, 6.07) is 7.12. The molecule has 0 amide bonds. The second-order valence-corrected chi connectivity index (χ2v) is 4.12. The number of nitrogen functional groups attached to an aromatic ring is 1. The SMILES string of the molecule is COc1ccc(OC(C)c2ccnc(N)n2)cc1OC. The van der Waals surface area contributed by atoms with E-state index in [2.05, 4.69) is 9.97 Å². The van der Waals surface area contributed by atoms with Crippen molar-refractivity contribution in [2.24, 2.45) is 0 Å². The molecule has 0 fully saturated rings. The minimum Gasteiger partial charge on any atom is -0.493 e. The van der Waals surface area contributed by atoms with E-state index < -0.39 is 0 Å². The van der Waals surface area contributed by atoms with Crippen LogP contribution in [0.5, 0.6) is 17.2 Å². The van der Waals surface area contributed by atoms with Gasteiger partial charge in [-0.15, -0.1) is 0 Å². The zero-order valence-corrected chi connectivity index (χ0v) is 11.7. The lowest BCUT2D eigenvalue weighted by Gasteiger charge is -2.16. The van der Waals surface area contributed by atoms with Gasteiger partial charge in [0.1, 0.15) is 11.9 Å². The minimum absolute atomic E-state index is 0.227. The molecule has 0 aliphatic heterocycles. The van der Waals surface area contributed by atoms with E-state index >= 15 is 0 Å². The standard InChI is InChI=1S/C14H17N3O3/c1-9(11-6-7-16-14(15)17-11)20-10-4-5-12(18-2)13(8-10)19-3/h4-9H,1-3H3,(H2,15,16,17). The molecule has 0 aliphatic rings. The van der Waals surface area contributed by atoms with Gasteiger partial charge in [-0.1, -0.05) is 0 Å². The van der Waals surface area contributed by atoms with Gasteiger partial charge < -0.3 is 19.9 Å². The highest BCUT2D eigenvalue weighted by Gasteiger charge is 2.11. The molecule has 0 saturated heterocycles. The summed E-state index contributed by atoms with van der Waals surface area (Å²) in [5, 5.41) is 0. The van der Waals surface area contributed by atoms with Crippen molar-refractivity contribution in [3.05, 3.63) is 36.2 Å². The maximum Gasteiger partial charge on any atom is 0.220 e. The van der Waals surface area contributed by atoms with Crippen molar-refractivity contribution in [1.82, 2.24) is 9.97 Å². The minimum atomic E-state index is -0.251. The number of hydrogen-bond donors (Lipinski definition) is 1. The maximum atomic E-state index is 5.82. The van der Waals surface area contributed by atoms with E-state index in [0.29, 0.717) is 22.9 Å². The lowest BCUT2D eigenvalue weighted by atomic mass is 10.2. The lowest BCUT2D eigenvalue weighted by Crippen LogP contribution is -2.07. The molecule has 0 saturated carbocycles. The second-order valence-electron chi connectivity index (χ2n) is 4.12. The van der Waals surface area contributed by atoms with Gasteiger partial charge in [0, 0.05) is 12.3 Å². The molecule has 6 heteroatoms. The fourth-order valence-corrected chi connectivity index (χ4v) is 1.77. The molecule has 1 atom stereocenters. The van der Waals surface area contributed by atoms with Crippen molar-refractivity contribution in [1.29, 1.82) is 0 Å². The third kappa shape index (κ3) is 3.09. The zero-order chi connectivity index (χ0) is 14.5. The Hall–Kier alpha value is -2.50. The van der Waals surface area contributed by atoms with Gasteiger partial charge in [0.25, 0.3) is 0 Å². The number of rotatable bonds is 5. The summed E-state index contributed by atoms with van der Waals surface area (Å²) in [7, 11) is 3.17. The Morgan fingerprint density at radius 3 is 2.50 bits per heavy atom. The summed E-state index contributed by atoms with van der Waals surface area (Å²) >= 11 is 0. The van der Waals surface area contributed by atoms with E-state index in [1.807, 2.05) is 13.0 Å². The molecule has 2 rings (SSSR count). The fourth-order valence-electron chi connectivity index (χ4n) is 1.77. The van der Waals surface area contributed by atoms with Crippen LogP contribution in [0, 0.1) is 0 Å². The molecule has 0 spiro atoms. The van der Waals surface area contributed by atoms with Gasteiger partial charge in [-0.3, -0.25) is 0 Å². The van der Waals surface area contributed by atoms with E-state index in [9.17, 15) is 0 Å². The first kappa shape index (κ1) is 13.9. The van der Waals surface area contributed by atoms with Crippen LogP contribution in [-0.2, 0) is 0 Å². The normalized spacial score (nSPS) is 11.8. The third-order valence-electron chi connectivity index (χ3n) is 2.78. The highest BCUT2D eigenvalue weighted by atomic mass is 16.5. The summed E-state index contributed by atoms with van der Waals surface area (Å²) in [6.07, 6.45) is 1.35. The Balaban J connectivity index is 2.17. The quantitative estimate of drug-likeness (QED) is 0.901. The molecule has 2 N–H and O–H groups in total. The van der Waals surface area contributed by atoms with Crippen LogP contribution in [0.25, 0.3) is 0 Å². The van der Waals surface area contributed by atoms with Gasteiger partial charge in [-0.05, 0) is 25.1 Å². The van der Waals surface area contributed by atoms with E-state index in [4.69, 9.17) is 19.9 Å². The lowest BCUT2D eigenvalue weighted by molar-refractivity contribution is 0.220. The van der Waals surface area contributed by atoms with E-state index in [1.165, 1.54) is 0 Å². The number of benzene rings is 1. The van der Waals surface area contributed by atoms with E-state index in [1.54, 1.807) is 38.6 Å². The van der Waals surface area contributed by atoms with Crippen LogP contribution in [0.3, 0.4) is 0 Å².